The van der Waals surface area contributed by atoms with Crippen LogP contribution in [0.1, 0.15) is 26.5 Å². The van der Waals surface area contributed by atoms with Gasteiger partial charge >= 0.3 is 0 Å². The fourth-order valence-corrected chi connectivity index (χ4v) is 1.66. The predicted molar refractivity (Wildman–Crippen MR) is 75.7 cm³/mol. The molecule has 0 radical (unpaired) electrons. The van der Waals surface area contributed by atoms with Crippen molar-refractivity contribution in [2.75, 3.05) is 20.6 Å². The van der Waals surface area contributed by atoms with Gasteiger partial charge in [0, 0.05) is 44.1 Å². The molecule has 1 unspecified atom stereocenters. The molecule has 1 heterocycles. The summed E-state index contributed by atoms with van der Waals surface area (Å²) in [6.07, 6.45) is 5.92. The molecule has 1 rings (SSSR count). The second-order valence-corrected chi connectivity index (χ2v) is 5.26. The molecule has 0 saturated carbocycles. The average molecular weight is 264 g/mol. The molecule has 1 amide bonds. The second kappa shape index (κ2) is 7.19. The van der Waals surface area contributed by atoms with Crippen LogP contribution >= 0.6 is 0 Å². The summed E-state index contributed by atoms with van der Waals surface area (Å²) in [4.78, 5) is 24.1. The van der Waals surface area contributed by atoms with Crippen LogP contribution < -0.4 is 0 Å². The molecule has 106 valence electrons. The average Bonchev–Trinajstić information content (AvgIpc) is 2.38. The van der Waals surface area contributed by atoms with Crippen molar-refractivity contribution in [2.24, 2.45) is 0 Å². The van der Waals surface area contributed by atoms with Gasteiger partial charge in [-0.1, -0.05) is 0 Å². The van der Waals surface area contributed by atoms with E-state index in [-0.39, 0.29) is 18.0 Å². The molecule has 0 bridgehead atoms. The van der Waals surface area contributed by atoms with Gasteiger partial charge in [0.25, 0.3) is 0 Å². The van der Waals surface area contributed by atoms with Gasteiger partial charge in [-0.15, -0.1) is 0 Å². The van der Waals surface area contributed by atoms with E-state index in [1.807, 2.05) is 27.9 Å². The first-order valence-corrected chi connectivity index (χ1v) is 6.62. The molecule has 0 aliphatic heterocycles. The maximum atomic E-state index is 12.0. The predicted octanol–water partition coefficient (Wildman–Crippen LogP) is 1.21. The largest absolute Gasteiger partial charge is 0.342 e. The summed E-state index contributed by atoms with van der Waals surface area (Å²) in [5, 5.41) is 0. The van der Waals surface area contributed by atoms with Crippen LogP contribution in [0.25, 0.3) is 0 Å². The lowest BCUT2D eigenvalue weighted by molar-refractivity contribution is -0.132. The molecular formula is C14H24N4O. The highest BCUT2D eigenvalue weighted by Crippen LogP contribution is 2.05. The van der Waals surface area contributed by atoms with Gasteiger partial charge in [-0.25, -0.2) is 0 Å². The molecule has 0 saturated heterocycles. The van der Waals surface area contributed by atoms with Crippen molar-refractivity contribution in [3.05, 3.63) is 24.3 Å². The molecule has 19 heavy (non-hydrogen) atoms. The zero-order valence-corrected chi connectivity index (χ0v) is 12.5. The third-order valence-corrected chi connectivity index (χ3v) is 3.43. The van der Waals surface area contributed by atoms with Gasteiger partial charge in [-0.05, 0) is 27.8 Å². The highest BCUT2D eigenvalue weighted by molar-refractivity contribution is 5.78. The molecule has 5 nitrogen and oxygen atoms in total. The highest BCUT2D eigenvalue weighted by atomic mass is 16.2. The summed E-state index contributed by atoms with van der Waals surface area (Å²) in [6.45, 7) is 6.55. The molecule has 1 atom stereocenters. The van der Waals surface area contributed by atoms with E-state index in [0.29, 0.717) is 6.54 Å². The van der Waals surface area contributed by atoms with Gasteiger partial charge in [-0.2, -0.15) is 0 Å². The van der Waals surface area contributed by atoms with E-state index in [1.165, 1.54) is 0 Å². The number of amides is 1. The maximum absolute atomic E-state index is 12.0. The Morgan fingerprint density at radius 3 is 2.47 bits per heavy atom. The van der Waals surface area contributed by atoms with Gasteiger partial charge in [0.15, 0.2) is 0 Å². The summed E-state index contributed by atoms with van der Waals surface area (Å²) in [6, 6.07) is 0.484. The van der Waals surface area contributed by atoms with E-state index in [1.54, 1.807) is 23.5 Å². The number of carbonyl (C=O) groups is 1. The van der Waals surface area contributed by atoms with Gasteiger partial charge < -0.3 is 4.90 Å². The minimum Gasteiger partial charge on any atom is -0.342 e. The molecule has 1 aromatic rings. The van der Waals surface area contributed by atoms with Crippen LogP contribution in [0.15, 0.2) is 18.6 Å². The zero-order chi connectivity index (χ0) is 14.4. The molecule has 0 fully saturated rings. The molecule has 0 spiro atoms. The maximum Gasteiger partial charge on any atom is 0.236 e. The number of aromatic nitrogens is 2. The Labute approximate surface area is 115 Å². The molecule has 0 aliphatic carbocycles. The lowest BCUT2D eigenvalue weighted by Crippen LogP contribution is -2.43. The van der Waals surface area contributed by atoms with Gasteiger partial charge in [-0.3, -0.25) is 19.7 Å². The van der Waals surface area contributed by atoms with Gasteiger partial charge in [0.05, 0.1) is 12.2 Å². The van der Waals surface area contributed by atoms with E-state index >= 15 is 0 Å². The van der Waals surface area contributed by atoms with Crippen LogP contribution in [0.5, 0.6) is 0 Å². The van der Waals surface area contributed by atoms with Crippen molar-refractivity contribution in [2.45, 2.75) is 39.3 Å². The lowest BCUT2D eigenvalue weighted by atomic mass is 10.1. The van der Waals surface area contributed by atoms with Crippen molar-refractivity contribution >= 4 is 5.91 Å². The van der Waals surface area contributed by atoms with Crippen molar-refractivity contribution in [1.29, 1.82) is 0 Å². The lowest BCUT2D eigenvalue weighted by Gasteiger charge is -2.28. The summed E-state index contributed by atoms with van der Waals surface area (Å²) in [7, 11) is 3.81. The molecule has 1 aromatic heterocycles. The summed E-state index contributed by atoms with van der Waals surface area (Å²) < 4.78 is 0. The first kappa shape index (κ1) is 15.6. The number of carbonyl (C=O) groups excluding carboxylic acids is 1. The van der Waals surface area contributed by atoms with Crippen LogP contribution in [0.2, 0.25) is 0 Å². The fraction of sp³-hybridized carbons (Fsp3) is 0.643. The number of hydrogen-bond donors (Lipinski definition) is 0. The number of hydrogen-bond acceptors (Lipinski definition) is 4. The Morgan fingerprint density at radius 2 is 1.95 bits per heavy atom. The third kappa shape index (κ3) is 4.95. The minimum absolute atomic E-state index is 0.142. The standard InChI is InChI=1S/C14H24N4O/c1-11(2)18(5)14(19)10-17(4)12(3)8-13-9-15-6-7-16-13/h6-7,9,11-12H,8,10H2,1-5H3. The van der Waals surface area contributed by atoms with Gasteiger partial charge in [0.1, 0.15) is 0 Å². The van der Waals surface area contributed by atoms with Crippen molar-refractivity contribution in [3.8, 4) is 0 Å². The van der Waals surface area contributed by atoms with Crippen molar-refractivity contribution in [3.63, 3.8) is 0 Å². The second-order valence-electron chi connectivity index (χ2n) is 5.26. The summed E-state index contributed by atoms with van der Waals surface area (Å²) in [5.74, 6) is 0.142. The normalized spacial score (nSPS) is 12.8. The zero-order valence-electron chi connectivity index (χ0n) is 12.5. The van der Waals surface area contributed by atoms with E-state index < -0.39 is 0 Å². The molecule has 0 N–H and O–H groups in total. The van der Waals surface area contributed by atoms with Crippen LogP contribution in [0.4, 0.5) is 0 Å². The van der Waals surface area contributed by atoms with Gasteiger partial charge in [0.2, 0.25) is 5.91 Å². The fourth-order valence-electron chi connectivity index (χ4n) is 1.66. The monoisotopic (exact) mass is 264 g/mol. The Kier molecular flexibility index (Phi) is 5.89. The third-order valence-electron chi connectivity index (χ3n) is 3.43. The SMILES string of the molecule is CC(Cc1cnccn1)N(C)CC(=O)N(C)C(C)C. The highest BCUT2D eigenvalue weighted by Gasteiger charge is 2.18. The van der Waals surface area contributed by atoms with Crippen LogP contribution in [0.3, 0.4) is 0 Å². The summed E-state index contributed by atoms with van der Waals surface area (Å²) >= 11 is 0. The van der Waals surface area contributed by atoms with Crippen molar-refractivity contribution < 1.29 is 4.79 Å². The Morgan fingerprint density at radius 1 is 1.26 bits per heavy atom. The first-order chi connectivity index (χ1) is 8.91. The Hall–Kier alpha value is -1.49. The molecule has 5 heteroatoms. The van der Waals surface area contributed by atoms with E-state index in [2.05, 4.69) is 21.8 Å². The van der Waals surface area contributed by atoms with Crippen LogP contribution in [-0.2, 0) is 11.2 Å². The molecule has 0 aromatic carbocycles. The number of nitrogens with zero attached hydrogens (tertiary/aromatic N) is 4. The smallest absolute Gasteiger partial charge is 0.236 e. The minimum atomic E-state index is 0.142. The quantitative estimate of drug-likeness (QED) is 0.775. The van der Waals surface area contributed by atoms with E-state index in [9.17, 15) is 4.79 Å². The number of rotatable bonds is 6. The Bertz CT molecular complexity index is 394. The van der Waals surface area contributed by atoms with E-state index in [0.717, 1.165) is 12.1 Å². The topological polar surface area (TPSA) is 49.3 Å². The Balaban J connectivity index is 2.49. The summed E-state index contributed by atoms with van der Waals surface area (Å²) in [5.41, 5.74) is 0.950. The van der Waals surface area contributed by atoms with Crippen LogP contribution in [0, 0.1) is 0 Å². The van der Waals surface area contributed by atoms with E-state index in [4.69, 9.17) is 0 Å². The van der Waals surface area contributed by atoms with Crippen LogP contribution in [-0.4, -0.2) is 58.4 Å². The number of likely N-dealkylation sites (N-methyl/N-ethyl adjacent to an activating group) is 2. The van der Waals surface area contributed by atoms with Crippen molar-refractivity contribution in [1.82, 2.24) is 19.8 Å². The molecule has 0 aliphatic rings. The first-order valence-electron chi connectivity index (χ1n) is 6.62. The molecular weight excluding hydrogens is 240 g/mol.